The van der Waals surface area contributed by atoms with Crippen LogP contribution in [-0.2, 0) is 4.79 Å². The van der Waals surface area contributed by atoms with Crippen molar-refractivity contribution in [2.45, 2.75) is 55.5 Å². The van der Waals surface area contributed by atoms with Gasteiger partial charge in [0.15, 0.2) is 0 Å². The lowest BCUT2D eigenvalue weighted by molar-refractivity contribution is -0.147. The molecule has 4 nitrogen and oxygen atoms in total. The Balaban J connectivity index is 1.95. The highest BCUT2D eigenvalue weighted by Gasteiger charge is 2.48. The average Bonchev–Trinajstić information content (AvgIpc) is 2.99. The quantitative estimate of drug-likeness (QED) is 0.757. The molecular formula is C14H22N2O2S2. The third-order valence-electron chi connectivity index (χ3n) is 3.85. The molecule has 0 amide bonds. The first-order valence-electron chi connectivity index (χ1n) is 7.08. The molecule has 1 aromatic heterocycles. The zero-order valence-corrected chi connectivity index (χ0v) is 13.6. The predicted octanol–water partition coefficient (Wildman–Crippen LogP) is 3.25. The van der Waals surface area contributed by atoms with Gasteiger partial charge in [0.05, 0.1) is 0 Å². The minimum absolute atomic E-state index is 0.193. The van der Waals surface area contributed by atoms with Crippen LogP contribution in [0.3, 0.4) is 0 Å². The maximum atomic E-state index is 11.8. The SMILES string of the molecule is CC(C)NC1(C(=O)O)CCCC1CCSc1nccs1. The van der Waals surface area contributed by atoms with Crippen LogP contribution >= 0.6 is 23.1 Å². The highest BCUT2D eigenvalue weighted by atomic mass is 32.2. The largest absolute Gasteiger partial charge is 0.480 e. The molecule has 6 heteroatoms. The van der Waals surface area contributed by atoms with Crippen LogP contribution in [0, 0.1) is 5.92 Å². The first kappa shape index (κ1) is 15.8. The number of hydrogen-bond donors (Lipinski definition) is 2. The molecule has 0 bridgehead atoms. The van der Waals surface area contributed by atoms with Crippen molar-refractivity contribution in [3.63, 3.8) is 0 Å². The summed E-state index contributed by atoms with van der Waals surface area (Å²) < 4.78 is 1.07. The van der Waals surface area contributed by atoms with E-state index in [1.54, 1.807) is 23.1 Å². The van der Waals surface area contributed by atoms with E-state index >= 15 is 0 Å². The van der Waals surface area contributed by atoms with Crippen LogP contribution < -0.4 is 5.32 Å². The molecule has 1 aliphatic rings. The molecule has 2 N–H and O–H groups in total. The second-order valence-electron chi connectivity index (χ2n) is 5.60. The van der Waals surface area contributed by atoms with Gasteiger partial charge in [-0.1, -0.05) is 18.2 Å². The van der Waals surface area contributed by atoms with E-state index in [0.29, 0.717) is 0 Å². The number of rotatable bonds is 7. The van der Waals surface area contributed by atoms with Gasteiger partial charge in [0.1, 0.15) is 9.88 Å². The molecule has 0 spiro atoms. The van der Waals surface area contributed by atoms with Gasteiger partial charge < -0.3 is 5.11 Å². The molecule has 112 valence electrons. The third-order valence-corrected chi connectivity index (χ3v) is 5.85. The van der Waals surface area contributed by atoms with Crippen molar-refractivity contribution >= 4 is 29.1 Å². The number of carbonyl (C=O) groups is 1. The van der Waals surface area contributed by atoms with Gasteiger partial charge >= 0.3 is 5.97 Å². The summed E-state index contributed by atoms with van der Waals surface area (Å²) in [6.45, 7) is 4.04. The van der Waals surface area contributed by atoms with E-state index in [0.717, 1.165) is 35.8 Å². The first-order chi connectivity index (χ1) is 9.54. The molecule has 0 saturated heterocycles. The minimum atomic E-state index is -0.725. The molecule has 1 fully saturated rings. The number of thioether (sulfide) groups is 1. The molecule has 0 aromatic carbocycles. The van der Waals surface area contributed by atoms with Crippen LogP contribution in [0.4, 0.5) is 0 Å². The van der Waals surface area contributed by atoms with E-state index in [9.17, 15) is 9.90 Å². The van der Waals surface area contributed by atoms with Gasteiger partial charge in [0, 0.05) is 23.4 Å². The van der Waals surface area contributed by atoms with E-state index in [2.05, 4.69) is 10.3 Å². The number of carboxylic acid groups (broad SMARTS) is 1. The zero-order chi connectivity index (χ0) is 14.6. The Morgan fingerprint density at radius 3 is 3.10 bits per heavy atom. The molecule has 1 heterocycles. The Morgan fingerprint density at radius 2 is 2.50 bits per heavy atom. The number of aromatic nitrogens is 1. The van der Waals surface area contributed by atoms with Gasteiger partial charge in [0.25, 0.3) is 0 Å². The highest BCUT2D eigenvalue weighted by Crippen LogP contribution is 2.40. The summed E-state index contributed by atoms with van der Waals surface area (Å²) in [7, 11) is 0. The summed E-state index contributed by atoms with van der Waals surface area (Å²) in [5.74, 6) is 0.468. The van der Waals surface area contributed by atoms with E-state index < -0.39 is 11.5 Å². The lowest BCUT2D eigenvalue weighted by atomic mass is 9.84. The van der Waals surface area contributed by atoms with Crippen molar-refractivity contribution < 1.29 is 9.90 Å². The van der Waals surface area contributed by atoms with Gasteiger partial charge in [0.2, 0.25) is 0 Å². The number of hydrogen-bond acceptors (Lipinski definition) is 5. The molecule has 1 aromatic rings. The summed E-state index contributed by atoms with van der Waals surface area (Å²) in [6.07, 6.45) is 5.48. The number of carboxylic acids is 1. The summed E-state index contributed by atoms with van der Waals surface area (Å²) in [5, 5.41) is 15.0. The van der Waals surface area contributed by atoms with E-state index in [4.69, 9.17) is 0 Å². The monoisotopic (exact) mass is 314 g/mol. The van der Waals surface area contributed by atoms with Crippen molar-refractivity contribution in [2.24, 2.45) is 5.92 Å². The third kappa shape index (κ3) is 3.54. The smallest absolute Gasteiger partial charge is 0.324 e. The number of aliphatic carboxylic acids is 1. The van der Waals surface area contributed by atoms with Crippen LogP contribution in [0.15, 0.2) is 15.9 Å². The summed E-state index contributed by atoms with van der Waals surface area (Å²) >= 11 is 3.37. The second-order valence-corrected chi connectivity index (χ2v) is 7.84. The molecule has 2 atom stereocenters. The van der Waals surface area contributed by atoms with E-state index in [-0.39, 0.29) is 12.0 Å². The molecular weight excluding hydrogens is 292 g/mol. The molecule has 0 radical (unpaired) electrons. The zero-order valence-electron chi connectivity index (χ0n) is 12.0. The molecule has 1 saturated carbocycles. The number of thiazole rings is 1. The predicted molar refractivity (Wildman–Crippen MR) is 83.4 cm³/mol. The lowest BCUT2D eigenvalue weighted by Gasteiger charge is -2.34. The Hall–Kier alpha value is -0.590. The van der Waals surface area contributed by atoms with E-state index in [1.165, 1.54) is 0 Å². The van der Waals surface area contributed by atoms with Crippen molar-refractivity contribution in [1.82, 2.24) is 10.3 Å². The molecule has 2 rings (SSSR count). The van der Waals surface area contributed by atoms with Crippen molar-refractivity contribution in [3.05, 3.63) is 11.6 Å². The lowest BCUT2D eigenvalue weighted by Crippen LogP contribution is -2.57. The van der Waals surface area contributed by atoms with Crippen LogP contribution in [0.2, 0.25) is 0 Å². The van der Waals surface area contributed by atoms with Crippen LogP contribution in [0.1, 0.15) is 39.5 Å². The Morgan fingerprint density at radius 1 is 1.70 bits per heavy atom. The van der Waals surface area contributed by atoms with Crippen LogP contribution in [0.25, 0.3) is 0 Å². The summed E-state index contributed by atoms with van der Waals surface area (Å²) in [6, 6.07) is 0.193. The van der Waals surface area contributed by atoms with Crippen molar-refractivity contribution in [3.8, 4) is 0 Å². The minimum Gasteiger partial charge on any atom is -0.480 e. The highest BCUT2D eigenvalue weighted by molar-refractivity contribution is 8.00. The Bertz CT molecular complexity index is 436. The average molecular weight is 314 g/mol. The molecule has 0 aliphatic heterocycles. The standard InChI is InChI=1S/C14H22N2O2S2/c1-10(2)16-14(12(17)18)6-3-4-11(14)5-8-19-13-15-7-9-20-13/h7,9-11,16H,3-6,8H2,1-2H3,(H,17,18). The number of nitrogens with one attached hydrogen (secondary N) is 1. The van der Waals surface area contributed by atoms with E-state index in [1.807, 2.05) is 25.4 Å². The van der Waals surface area contributed by atoms with Gasteiger partial charge in [-0.3, -0.25) is 10.1 Å². The maximum Gasteiger partial charge on any atom is 0.324 e. The Kier molecular flexibility index (Phi) is 5.46. The summed E-state index contributed by atoms with van der Waals surface area (Å²) in [5.41, 5.74) is -0.725. The normalized spacial score (nSPS) is 26.2. The van der Waals surface area contributed by atoms with Gasteiger partial charge in [-0.2, -0.15) is 0 Å². The maximum absolute atomic E-state index is 11.8. The molecule has 1 aliphatic carbocycles. The van der Waals surface area contributed by atoms with Crippen molar-refractivity contribution in [1.29, 1.82) is 0 Å². The fourth-order valence-corrected chi connectivity index (χ4v) is 4.85. The second kappa shape index (κ2) is 6.91. The molecule has 20 heavy (non-hydrogen) atoms. The van der Waals surface area contributed by atoms with Gasteiger partial charge in [-0.05, 0) is 39.0 Å². The number of nitrogens with zero attached hydrogens (tertiary/aromatic N) is 1. The van der Waals surface area contributed by atoms with Crippen LogP contribution in [0.5, 0.6) is 0 Å². The van der Waals surface area contributed by atoms with Gasteiger partial charge in [-0.15, -0.1) is 11.3 Å². The summed E-state index contributed by atoms with van der Waals surface area (Å²) in [4.78, 5) is 16.0. The fraction of sp³-hybridized carbons (Fsp3) is 0.714. The van der Waals surface area contributed by atoms with Crippen LogP contribution in [-0.4, -0.2) is 33.4 Å². The van der Waals surface area contributed by atoms with Crippen molar-refractivity contribution in [2.75, 3.05) is 5.75 Å². The van der Waals surface area contributed by atoms with Gasteiger partial charge in [-0.25, -0.2) is 4.98 Å². The Labute approximate surface area is 128 Å². The fourth-order valence-electron chi connectivity index (χ4n) is 3.09. The topological polar surface area (TPSA) is 62.2 Å². The molecule has 2 unspecified atom stereocenters. The first-order valence-corrected chi connectivity index (χ1v) is 8.94.